The second kappa shape index (κ2) is 11.6. The number of carbonyl (C=O) groups excluding carboxylic acids is 1. The summed E-state index contributed by atoms with van der Waals surface area (Å²) in [6.45, 7) is 5.35. The second-order valence-corrected chi connectivity index (χ2v) is 9.55. The minimum atomic E-state index is -3.24. The number of amides is 1. The average molecular weight is 433 g/mol. The molecule has 0 radical (unpaired) electrons. The van der Waals surface area contributed by atoms with Gasteiger partial charge in [-0.05, 0) is 62.4 Å². The number of carbonyl (C=O) groups is 1. The fraction of sp³-hybridized carbons (Fsp3) is 0.650. The first kappa shape index (κ1) is 24.7. The number of nitrogens with one attached hydrogen (secondary N) is 1. The van der Waals surface area contributed by atoms with Gasteiger partial charge in [-0.25, -0.2) is 8.42 Å². The van der Waals surface area contributed by atoms with E-state index in [-0.39, 0.29) is 23.2 Å². The molecule has 1 aromatic rings. The SMILES string of the molecule is CC(CC(=O)N(C)CCCOc1cccc(S(C)(=O)=O)c1)C1CCNCC1.Cl. The zero-order chi connectivity index (χ0) is 19.9. The summed E-state index contributed by atoms with van der Waals surface area (Å²) in [4.78, 5) is 14.4. The largest absolute Gasteiger partial charge is 0.493 e. The summed E-state index contributed by atoms with van der Waals surface area (Å²) in [5.41, 5.74) is 0. The van der Waals surface area contributed by atoms with Crippen LogP contribution in [0.25, 0.3) is 0 Å². The van der Waals surface area contributed by atoms with Gasteiger partial charge in [-0.15, -0.1) is 12.4 Å². The van der Waals surface area contributed by atoms with E-state index in [0.717, 1.165) is 25.9 Å². The van der Waals surface area contributed by atoms with Crippen LogP contribution < -0.4 is 10.1 Å². The predicted octanol–water partition coefficient (Wildman–Crippen LogP) is 2.77. The van der Waals surface area contributed by atoms with E-state index in [9.17, 15) is 13.2 Å². The molecule has 6 nitrogen and oxygen atoms in total. The molecule has 160 valence electrons. The summed E-state index contributed by atoms with van der Waals surface area (Å²) >= 11 is 0. The van der Waals surface area contributed by atoms with Crippen molar-refractivity contribution in [3.63, 3.8) is 0 Å². The van der Waals surface area contributed by atoms with Crippen molar-refractivity contribution in [2.45, 2.75) is 37.5 Å². The number of piperidine rings is 1. The van der Waals surface area contributed by atoms with Gasteiger partial charge >= 0.3 is 0 Å². The minimum Gasteiger partial charge on any atom is -0.493 e. The summed E-state index contributed by atoms with van der Waals surface area (Å²) in [6.07, 6.45) is 4.78. The van der Waals surface area contributed by atoms with Crippen LogP contribution in [-0.4, -0.2) is 58.8 Å². The third-order valence-electron chi connectivity index (χ3n) is 5.25. The lowest BCUT2D eigenvalue weighted by atomic mass is 9.84. The van der Waals surface area contributed by atoms with Crippen molar-refractivity contribution in [1.29, 1.82) is 0 Å². The van der Waals surface area contributed by atoms with E-state index < -0.39 is 9.84 Å². The van der Waals surface area contributed by atoms with Crippen molar-refractivity contribution in [3.8, 4) is 5.75 Å². The third-order valence-corrected chi connectivity index (χ3v) is 6.36. The summed E-state index contributed by atoms with van der Waals surface area (Å²) in [5, 5.41) is 3.36. The molecule has 1 saturated heterocycles. The highest BCUT2D eigenvalue weighted by atomic mass is 35.5. The van der Waals surface area contributed by atoms with Crippen LogP contribution in [0.5, 0.6) is 5.75 Å². The normalized spacial score (nSPS) is 16.1. The first-order chi connectivity index (χ1) is 12.8. The van der Waals surface area contributed by atoms with Gasteiger partial charge in [0.05, 0.1) is 11.5 Å². The van der Waals surface area contributed by atoms with Gasteiger partial charge in [-0.1, -0.05) is 13.0 Å². The molecule has 1 fully saturated rings. The van der Waals surface area contributed by atoms with Crippen LogP contribution >= 0.6 is 12.4 Å². The lowest BCUT2D eigenvalue weighted by Gasteiger charge is -2.29. The smallest absolute Gasteiger partial charge is 0.222 e. The molecule has 1 N–H and O–H groups in total. The first-order valence-corrected chi connectivity index (χ1v) is 11.5. The Kier molecular flexibility index (Phi) is 10.3. The molecule has 28 heavy (non-hydrogen) atoms. The lowest BCUT2D eigenvalue weighted by Crippen LogP contribution is -2.34. The monoisotopic (exact) mass is 432 g/mol. The second-order valence-electron chi connectivity index (χ2n) is 7.53. The molecule has 1 unspecified atom stereocenters. The topological polar surface area (TPSA) is 75.7 Å². The Morgan fingerprint density at radius 2 is 2.00 bits per heavy atom. The molecular formula is C20H33ClN2O4S. The Bertz CT molecular complexity index is 721. The van der Waals surface area contributed by atoms with E-state index in [1.807, 2.05) is 7.05 Å². The molecule has 0 spiro atoms. The highest BCUT2D eigenvalue weighted by Gasteiger charge is 2.23. The molecule has 0 aliphatic carbocycles. The number of nitrogens with zero attached hydrogens (tertiary/aromatic N) is 1. The van der Waals surface area contributed by atoms with Crippen LogP contribution in [0.3, 0.4) is 0 Å². The highest BCUT2D eigenvalue weighted by molar-refractivity contribution is 7.90. The Morgan fingerprint density at radius 1 is 1.32 bits per heavy atom. The van der Waals surface area contributed by atoms with E-state index in [4.69, 9.17) is 4.74 Å². The maximum atomic E-state index is 12.4. The molecule has 2 rings (SSSR count). The average Bonchev–Trinajstić information content (AvgIpc) is 2.65. The maximum Gasteiger partial charge on any atom is 0.222 e. The Hall–Kier alpha value is -1.31. The van der Waals surface area contributed by atoms with Crippen LogP contribution in [0.2, 0.25) is 0 Å². The molecule has 0 saturated carbocycles. The van der Waals surface area contributed by atoms with Gasteiger partial charge < -0.3 is 15.0 Å². The summed E-state index contributed by atoms with van der Waals surface area (Å²) in [5.74, 6) is 1.76. The highest BCUT2D eigenvalue weighted by Crippen LogP contribution is 2.24. The molecule has 0 aromatic heterocycles. The van der Waals surface area contributed by atoms with Crippen LogP contribution in [0, 0.1) is 11.8 Å². The van der Waals surface area contributed by atoms with Gasteiger partial charge in [-0.3, -0.25) is 4.79 Å². The maximum absolute atomic E-state index is 12.4. The Balaban J connectivity index is 0.00000392. The molecule has 1 amide bonds. The number of rotatable bonds is 9. The summed E-state index contributed by atoms with van der Waals surface area (Å²) in [7, 11) is -1.40. The molecule has 8 heteroatoms. The van der Waals surface area contributed by atoms with Crippen LogP contribution in [0.4, 0.5) is 0 Å². The van der Waals surface area contributed by atoms with E-state index in [2.05, 4.69) is 12.2 Å². The van der Waals surface area contributed by atoms with Crippen LogP contribution in [-0.2, 0) is 14.6 Å². The van der Waals surface area contributed by atoms with Crippen molar-refractivity contribution < 1.29 is 17.9 Å². The van der Waals surface area contributed by atoms with Crippen molar-refractivity contribution in [2.24, 2.45) is 11.8 Å². The predicted molar refractivity (Wildman–Crippen MR) is 114 cm³/mol. The van der Waals surface area contributed by atoms with Crippen molar-refractivity contribution >= 4 is 28.2 Å². The number of ether oxygens (including phenoxy) is 1. The number of halogens is 1. The fourth-order valence-corrected chi connectivity index (χ4v) is 4.08. The number of hydrogen-bond donors (Lipinski definition) is 1. The number of benzene rings is 1. The molecule has 1 atom stereocenters. The Labute approximate surface area is 175 Å². The molecule has 1 aliphatic heterocycles. The summed E-state index contributed by atoms with van der Waals surface area (Å²) < 4.78 is 28.8. The standard InChI is InChI=1S/C20H32N2O4S.ClH/c1-16(17-8-10-21-11-9-17)14-20(23)22(2)12-5-13-26-18-6-4-7-19(15-18)27(3,24)25;/h4,6-7,15-17,21H,5,8-14H2,1-3H3;1H. The third kappa shape index (κ3) is 7.97. The fourth-order valence-electron chi connectivity index (χ4n) is 3.42. The zero-order valence-corrected chi connectivity index (χ0v) is 18.7. The summed E-state index contributed by atoms with van der Waals surface area (Å²) in [6, 6.07) is 6.50. The van der Waals surface area contributed by atoms with Gasteiger partial charge in [0.15, 0.2) is 9.84 Å². The van der Waals surface area contributed by atoms with Gasteiger partial charge in [0, 0.05) is 26.3 Å². The molecule has 1 aliphatic rings. The first-order valence-electron chi connectivity index (χ1n) is 9.65. The van der Waals surface area contributed by atoms with E-state index in [0.29, 0.717) is 43.6 Å². The van der Waals surface area contributed by atoms with Crippen molar-refractivity contribution in [1.82, 2.24) is 10.2 Å². The molecule has 1 aromatic carbocycles. The number of sulfone groups is 1. The molecule has 1 heterocycles. The van der Waals surface area contributed by atoms with Crippen LogP contribution in [0.15, 0.2) is 29.2 Å². The lowest BCUT2D eigenvalue weighted by molar-refractivity contribution is -0.131. The zero-order valence-electron chi connectivity index (χ0n) is 17.0. The minimum absolute atomic E-state index is 0. The van der Waals surface area contributed by atoms with Gasteiger partial charge in [0.25, 0.3) is 0 Å². The molecular weight excluding hydrogens is 400 g/mol. The van der Waals surface area contributed by atoms with Gasteiger partial charge in [0.1, 0.15) is 5.75 Å². The van der Waals surface area contributed by atoms with E-state index >= 15 is 0 Å². The van der Waals surface area contributed by atoms with E-state index in [1.165, 1.54) is 12.3 Å². The number of hydrogen-bond acceptors (Lipinski definition) is 5. The van der Waals surface area contributed by atoms with E-state index in [1.54, 1.807) is 23.1 Å². The van der Waals surface area contributed by atoms with Gasteiger partial charge in [-0.2, -0.15) is 0 Å². The van der Waals surface area contributed by atoms with Crippen molar-refractivity contribution in [3.05, 3.63) is 24.3 Å². The van der Waals surface area contributed by atoms with Crippen LogP contribution in [0.1, 0.15) is 32.6 Å². The quantitative estimate of drug-likeness (QED) is 0.607. The Morgan fingerprint density at radius 3 is 2.64 bits per heavy atom. The van der Waals surface area contributed by atoms with Crippen molar-refractivity contribution in [2.75, 3.05) is 39.5 Å². The molecule has 0 bridgehead atoms. The van der Waals surface area contributed by atoms with Gasteiger partial charge in [0.2, 0.25) is 5.91 Å².